The highest BCUT2D eigenvalue weighted by molar-refractivity contribution is 14.1. The van der Waals surface area contributed by atoms with Gasteiger partial charge in [0, 0.05) is 5.69 Å². The van der Waals surface area contributed by atoms with E-state index in [1.165, 1.54) is 0 Å². The maximum atomic E-state index is 12.5. The van der Waals surface area contributed by atoms with Crippen LogP contribution < -0.4 is 19.5 Å². The zero-order chi connectivity index (χ0) is 22.5. The van der Waals surface area contributed by atoms with Gasteiger partial charge in [0.15, 0.2) is 11.5 Å². The highest BCUT2D eigenvalue weighted by Gasteiger charge is 2.14. The Hall–Kier alpha value is -3.51. The van der Waals surface area contributed by atoms with Gasteiger partial charge in [-0.15, -0.1) is 0 Å². The van der Waals surface area contributed by atoms with Crippen molar-refractivity contribution in [3.05, 3.63) is 86.5 Å². The summed E-state index contributed by atoms with van der Waals surface area (Å²) in [5.74, 6) is 1.72. The van der Waals surface area contributed by atoms with E-state index in [2.05, 4.69) is 27.9 Å². The zero-order valence-corrected chi connectivity index (χ0v) is 19.4. The Morgan fingerprint density at radius 2 is 2.00 bits per heavy atom. The van der Waals surface area contributed by atoms with E-state index >= 15 is 0 Å². The molecule has 1 heterocycles. The van der Waals surface area contributed by atoms with Crippen molar-refractivity contribution in [2.24, 2.45) is 0 Å². The van der Waals surface area contributed by atoms with Crippen molar-refractivity contribution < 1.29 is 19.0 Å². The molecule has 7 heteroatoms. The minimum Gasteiger partial charge on any atom is -0.488 e. The number of nitrogens with one attached hydrogen (secondary N) is 1. The molecule has 0 fully saturated rings. The molecule has 0 aromatic heterocycles. The molecule has 32 heavy (non-hydrogen) atoms. The number of hydrogen-bond donors (Lipinski definition) is 1. The molecule has 0 radical (unpaired) electrons. The van der Waals surface area contributed by atoms with Gasteiger partial charge in [-0.1, -0.05) is 24.3 Å². The zero-order valence-electron chi connectivity index (χ0n) is 17.2. The van der Waals surface area contributed by atoms with Crippen LogP contribution in [0.15, 0.2) is 66.2 Å². The molecule has 4 rings (SSSR count). The third-order valence-electron chi connectivity index (χ3n) is 4.74. The van der Waals surface area contributed by atoms with Crippen LogP contribution in [0, 0.1) is 21.8 Å². The van der Waals surface area contributed by atoms with Gasteiger partial charge >= 0.3 is 0 Å². The molecule has 1 N–H and O–H groups in total. The quantitative estimate of drug-likeness (QED) is 0.257. The Labute approximate surface area is 199 Å². The average Bonchev–Trinajstić information content (AvgIpc) is 3.24. The summed E-state index contributed by atoms with van der Waals surface area (Å²) in [5.41, 5.74) is 3.40. The number of rotatable bonds is 6. The number of halogens is 1. The number of nitrogens with zero attached hydrogens (tertiary/aromatic N) is 1. The molecule has 0 atom stereocenters. The van der Waals surface area contributed by atoms with Gasteiger partial charge in [0.05, 0.1) is 3.57 Å². The van der Waals surface area contributed by atoms with Crippen LogP contribution in [0.5, 0.6) is 17.2 Å². The Balaban J connectivity index is 1.43. The molecule has 0 saturated carbocycles. The largest absolute Gasteiger partial charge is 0.488 e. The third-order valence-corrected chi connectivity index (χ3v) is 5.58. The fourth-order valence-corrected chi connectivity index (χ4v) is 3.85. The van der Waals surface area contributed by atoms with Gasteiger partial charge in [0.25, 0.3) is 5.91 Å². The number of carbonyl (C=O) groups excluding carboxylic acids is 1. The van der Waals surface area contributed by atoms with E-state index in [9.17, 15) is 10.1 Å². The van der Waals surface area contributed by atoms with Gasteiger partial charge in [-0.05, 0) is 88.7 Å². The first-order valence-electron chi connectivity index (χ1n) is 9.82. The number of benzene rings is 3. The number of hydrogen-bond acceptors (Lipinski definition) is 5. The van der Waals surface area contributed by atoms with E-state index < -0.39 is 5.91 Å². The third kappa shape index (κ3) is 5.21. The molecule has 0 spiro atoms. The van der Waals surface area contributed by atoms with Crippen molar-refractivity contribution in [3.8, 4) is 23.3 Å². The monoisotopic (exact) mass is 538 g/mol. The Bertz CT molecular complexity index is 1250. The molecule has 0 saturated heterocycles. The maximum Gasteiger partial charge on any atom is 0.266 e. The van der Waals surface area contributed by atoms with Gasteiger partial charge in [0.1, 0.15) is 24.0 Å². The normalized spacial score (nSPS) is 12.2. The number of amides is 1. The summed E-state index contributed by atoms with van der Waals surface area (Å²) in [5, 5.41) is 12.2. The van der Waals surface area contributed by atoms with Crippen molar-refractivity contribution in [2.45, 2.75) is 13.5 Å². The lowest BCUT2D eigenvalue weighted by Gasteiger charge is -2.10. The molecule has 0 aliphatic carbocycles. The number of aryl methyl sites for hydroxylation is 1. The van der Waals surface area contributed by atoms with Crippen molar-refractivity contribution in [3.63, 3.8) is 0 Å². The first-order valence-corrected chi connectivity index (χ1v) is 10.9. The van der Waals surface area contributed by atoms with Crippen molar-refractivity contribution in [1.82, 2.24) is 0 Å². The second-order valence-electron chi connectivity index (χ2n) is 7.16. The molecule has 0 unspecified atom stereocenters. The highest BCUT2D eigenvalue weighted by Crippen LogP contribution is 2.33. The topological polar surface area (TPSA) is 80.6 Å². The van der Waals surface area contributed by atoms with Crippen LogP contribution in [-0.4, -0.2) is 12.7 Å². The summed E-state index contributed by atoms with van der Waals surface area (Å²) in [6.07, 6.45) is 1.56. The predicted octanol–water partition coefficient (Wildman–Crippen LogP) is 5.45. The van der Waals surface area contributed by atoms with Gasteiger partial charge in [-0.3, -0.25) is 4.79 Å². The van der Waals surface area contributed by atoms with Crippen LogP contribution in [0.2, 0.25) is 0 Å². The minimum absolute atomic E-state index is 0.0244. The maximum absolute atomic E-state index is 12.5. The van der Waals surface area contributed by atoms with Crippen molar-refractivity contribution in [2.75, 3.05) is 12.1 Å². The SMILES string of the molecule is Cc1cccc(NC(=O)/C(C#N)=C\c2ccc(OCc3ccc4c(c3)OCO4)c(I)c2)c1. The van der Waals surface area contributed by atoms with E-state index in [1.54, 1.807) is 12.1 Å². The number of anilines is 1. The van der Waals surface area contributed by atoms with Gasteiger partial charge in [-0.25, -0.2) is 0 Å². The Morgan fingerprint density at radius 1 is 1.16 bits per heavy atom. The van der Waals surface area contributed by atoms with E-state index in [0.717, 1.165) is 26.0 Å². The molecule has 6 nitrogen and oxygen atoms in total. The van der Waals surface area contributed by atoms with Crippen molar-refractivity contribution in [1.29, 1.82) is 5.26 Å². The second kappa shape index (κ2) is 9.75. The lowest BCUT2D eigenvalue weighted by Crippen LogP contribution is -2.13. The summed E-state index contributed by atoms with van der Waals surface area (Å²) < 4.78 is 17.5. The fourth-order valence-electron chi connectivity index (χ4n) is 3.15. The molecule has 1 aliphatic rings. The summed E-state index contributed by atoms with van der Waals surface area (Å²) in [4.78, 5) is 12.5. The van der Waals surface area contributed by atoms with Crippen LogP contribution in [-0.2, 0) is 11.4 Å². The summed E-state index contributed by atoms with van der Waals surface area (Å²) >= 11 is 2.17. The van der Waals surface area contributed by atoms with E-state index in [0.29, 0.717) is 23.8 Å². The number of carbonyl (C=O) groups is 1. The average molecular weight is 538 g/mol. The summed E-state index contributed by atoms with van der Waals surface area (Å²) in [6, 6.07) is 20.6. The molecule has 3 aromatic carbocycles. The van der Waals surface area contributed by atoms with Crippen LogP contribution >= 0.6 is 22.6 Å². The number of fused-ring (bicyclic) bond motifs is 1. The first kappa shape index (κ1) is 21.7. The molecule has 0 bridgehead atoms. The van der Waals surface area contributed by atoms with E-state index in [4.69, 9.17) is 14.2 Å². The smallest absolute Gasteiger partial charge is 0.266 e. The first-order chi connectivity index (χ1) is 15.5. The Kier molecular flexibility index (Phi) is 6.61. The van der Waals surface area contributed by atoms with E-state index in [1.807, 2.05) is 67.6 Å². The molecular formula is C25H19IN2O4. The second-order valence-corrected chi connectivity index (χ2v) is 8.32. The molecule has 1 aliphatic heterocycles. The summed E-state index contributed by atoms with van der Waals surface area (Å²) in [6.45, 7) is 2.55. The van der Waals surface area contributed by atoms with Crippen molar-refractivity contribution >= 4 is 40.3 Å². The van der Waals surface area contributed by atoms with Gasteiger partial charge in [0.2, 0.25) is 6.79 Å². The van der Waals surface area contributed by atoms with Gasteiger partial charge in [-0.2, -0.15) is 5.26 Å². The molecule has 160 valence electrons. The van der Waals surface area contributed by atoms with Crippen LogP contribution in [0.1, 0.15) is 16.7 Å². The van der Waals surface area contributed by atoms with E-state index in [-0.39, 0.29) is 12.4 Å². The highest BCUT2D eigenvalue weighted by atomic mass is 127. The van der Waals surface area contributed by atoms with Gasteiger partial charge < -0.3 is 19.5 Å². The molecule has 3 aromatic rings. The predicted molar refractivity (Wildman–Crippen MR) is 129 cm³/mol. The number of ether oxygens (including phenoxy) is 3. The number of nitriles is 1. The lowest BCUT2D eigenvalue weighted by molar-refractivity contribution is -0.112. The summed E-state index contributed by atoms with van der Waals surface area (Å²) in [7, 11) is 0. The lowest BCUT2D eigenvalue weighted by atomic mass is 10.1. The van der Waals surface area contributed by atoms with Crippen LogP contribution in [0.4, 0.5) is 5.69 Å². The molecule has 1 amide bonds. The van der Waals surface area contributed by atoms with Crippen LogP contribution in [0.25, 0.3) is 6.08 Å². The minimum atomic E-state index is -0.448. The fraction of sp³-hybridized carbons (Fsp3) is 0.120. The Morgan fingerprint density at radius 3 is 2.78 bits per heavy atom. The standard InChI is InChI=1S/C25H19IN2O4/c1-16-3-2-4-20(9-16)28-25(29)19(13-27)10-17-5-7-22(21(26)11-17)30-14-18-6-8-23-24(12-18)32-15-31-23/h2-12H,14-15H2,1H3,(H,28,29)/b19-10-. The molecular weight excluding hydrogens is 519 g/mol. The van der Waals surface area contributed by atoms with Crippen LogP contribution in [0.3, 0.4) is 0 Å².